The van der Waals surface area contributed by atoms with E-state index in [1.807, 2.05) is 0 Å². The van der Waals surface area contributed by atoms with Gasteiger partial charge in [0.1, 0.15) is 6.10 Å². The first-order chi connectivity index (χ1) is 30.5. The Labute approximate surface area is 385 Å². The van der Waals surface area contributed by atoms with E-state index in [1.54, 1.807) is 0 Å². The van der Waals surface area contributed by atoms with Gasteiger partial charge in [-0.3, -0.25) is 9.59 Å². The van der Waals surface area contributed by atoms with Gasteiger partial charge in [-0.25, -0.2) is 0 Å². The molecule has 3 unspecified atom stereocenters. The molecule has 6 heteroatoms. The van der Waals surface area contributed by atoms with Crippen LogP contribution in [0.3, 0.4) is 0 Å². The van der Waals surface area contributed by atoms with E-state index in [1.165, 1.54) is 167 Å². The monoisotopic (exact) mass is 872 g/mol. The van der Waals surface area contributed by atoms with Crippen molar-refractivity contribution in [2.75, 3.05) is 6.61 Å². The maximum atomic E-state index is 13.2. The van der Waals surface area contributed by atoms with Crippen molar-refractivity contribution in [3.05, 3.63) is 36.5 Å². The number of aliphatic hydroxyl groups excluding tert-OH is 2. The van der Waals surface area contributed by atoms with Crippen LogP contribution in [-0.2, 0) is 14.3 Å². The number of hydrogen-bond donors (Lipinski definition) is 3. The molecule has 0 aromatic rings. The summed E-state index contributed by atoms with van der Waals surface area (Å²) in [5.41, 5.74) is 0. The topological polar surface area (TPSA) is 95.9 Å². The van der Waals surface area contributed by atoms with Gasteiger partial charge in [0.05, 0.1) is 25.2 Å². The largest absolute Gasteiger partial charge is 0.462 e. The average molecular weight is 872 g/mol. The van der Waals surface area contributed by atoms with Crippen molar-refractivity contribution >= 4 is 11.9 Å². The zero-order valence-electron chi connectivity index (χ0n) is 41.5. The van der Waals surface area contributed by atoms with Gasteiger partial charge in [-0.2, -0.15) is 0 Å². The number of esters is 1. The van der Waals surface area contributed by atoms with Crippen LogP contribution in [0.4, 0.5) is 0 Å². The summed E-state index contributed by atoms with van der Waals surface area (Å²) < 4.78 is 5.93. The molecule has 0 heterocycles. The van der Waals surface area contributed by atoms with Crippen LogP contribution in [0.1, 0.15) is 284 Å². The minimum absolute atomic E-state index is 0.0672. The van der Waals surface area contributed by atoms with E-state index >= 15 is 0 Å². The first-order valence-electron chi connectivity index (χ1n) is 27.2. The van der Waals surface area contributed by atoms with Crippen molar-refractivity contribution in [1.82, 2.24) is 5.32 Å². The van der Waals surface area contributed by atoms with Crippen LogP contribution in [0.5, 0.6) is 0 Å². The van der Waals surface area contributed by atoms with Crippen LogP contribution >= 0.6 is 0 Å². The van der Waals surface area contributed by atoms with E-state index in [0.29, 0.717) is 19.3 Å². The standard InChI is InChI=1S/C56H105NO5/c1-4-7-10-13-16-19-22-24-26-27-29-31-34-36-39-42-45-48-54(59)53(51-58)57-55(60)50-52(62-56(61)49-46-43-40-37-32-21-18-15-12-9-6-3)47-44-41-38-35-33-30-28-25-23-20-17-14-11-8-5-2/h15,17-18,20,25,28,52-54,58-59H,4-14,16,19,21-24,26-27,29-51H2,1-3H3,(H,57,60)/b18-15-,20-17-,28-25-. The average Bonchev–Trinajstić information content (AvgIpc) is 3.26. The molecule has 0 fully saturated rings. The van der Waals surface area contributed by atoms with Gasteiger partial charge >= 0.3 is 5.97 Å². The third-order valence-corrected chi connectivity index (χ3v) is 12.4. The lowest BCUT2D eigenvalue weighted by atomic mass is 10.0. The number of carbonyl (C=O) groups is 2. The van der Waals surface area contributed by atoms with Gasteiger partial charge in [0, 0.05) is 6.42 Å². The van der Waals surface area contributed by atoms with Gasteiger partial charge in [-0.1, -0.05) is 231 Å². The molecule has 0 aliphatic carbocycles. The molecular weight excluding hydrogens is 767 g/mol. The van der Waals surface area contributed by atoms with Crippen molar-refractivity contribution in [3.8, 4) is 0 Å². The minimum Gasteiger partial charge on any atom is -0.462 e. The van der Waals surface area contributed by atoms with Gasteiger partial charge in [0.25, 0.3) is 0 Å². The highest BCUT2D eigenvalue weighted by atomic mass is 16.5. The maximum absolute atomic E-state index is 13.2. The van der Waals surface area contributed by atoms with Gasteiger partial charge < -0.3 is 20.3 Å². The van der Waals surface area contributed by atoms with Crippen molar-refractivity contribution < 1.29 is 24.5 Å². The fourth-order valence-electron chi connectivity index (χ4n) is 8.27. The van der Waals surface area contributed by atoms with Crippen LogP contribution in [0.2, 0.25) is 0 Å². The van der Waals surface area contributed by atoms with Gasteiger partial charge in [0.15, 0.2) is 0 Å². The predicted octanol–water partition coefficient (Wildman–Crippen LogP) is 16.5. The molecule has 3 N–H and O–H groups in total. The summed E-state index contributed by atoms with van der Waals surface area (Å²) >= 11 is 0. The molecule has 0 saturated heterocycles. The predicted molar refractivity (Wildman–Crippen MR) is 269 cm³/mol. The van der Waals surface area contributed by atoms with E-state index in [9.17, 15) is 19.8 Å². The second kappa shape index (κ2) is 50.1. The molecule has 0 aromatic heterocycles. The minimum atomic E-state index is -0.791. The number of aliphatic hydroxyl groups is 2. The number of amides is 1. The Bertz CT molecular complexity index is 1020. The number of rotatable bonds is 49. The summed E-state index contributed by atoms with van der Waals surface area (Å²) in [5, 5.41) is 23.8. The van der Waals surface area contributed by atoms with Gasteiger partial charge in [-0.15, -0.1) is 0 Å². The van der Waals surface area contributed by atoms with Gasteiger partial charge in [-0.05, 0) is 77.0 Å². The molecule has 62 heavy (non-hydrogen) atoms. The molecule has 0 aliphatic heterocycles. The highest BCUT2D eigenvalue weighted by Gasteiger charge is 2.24. The van der Waals surface area contributed by atoms with Crippen molar-refractivity contribution in [3.63, 3.8) is 0 Å². The van der Waals surface area contributed by atoms with Crippen LogP contribution in [0.15, 0.2) is 36.5 Å². The third-order valence-electron chi connectivity index (χ3n) is 12.4. The van der Waals surface area contributed by atoms with E-state index in [0.717, 1.165) is 70.6 Å². The quantitative estimate of drug-likeness (QED) is 0.0321. The van der Waals surface area contributed by atoms with E-state index in [2.05, 4.69) is 62.5 Å². The van der Waals surface area contributed by atoms with Crippen LogP contribution in [0, 0.1) is 0 Å². The van der Waals surface area contributed by atoms with Crippen molar-refractivity contribution in [2.45, 2.75) is 302 Å². The Kier molecular flexibility index (Phi) is 48.5. The van der Waals surface area contributed by atoms with Gasteiger partial charge in [0.2, 0.25) is 5.91 Å². The Hall–Kier alpha value is -1.92. The van der Waals surface area contributed by atoms with Crippen molar-refractivity contribution in [1.29, 1.82) is 0 Å². The van der Waals surface area contributed by atoms with Crippen molar-refractivity contribution in [2.24, 2.45) is 0 Å². The SMILES string of the molecule is CCCC/C=C\CCCCCCCC(=O)OC(CCCCCCC/C=C\C/C=C\CCCCC)CC(=O)NC(CO)C(O)CCCCCCCCCCCCCCCCCCC. The second-order valence-electron chi connectivity index (χ2n) is 18.6. The highest BCUT2D eigenvalue weighted by Crippen LogP contribution is 2.18. The lowest BCUT2D eigenvalue weighted by Crippen LogP contribution is -2.46. The Balaban J connectivity index is 4.52. The Morgan fingerprint density at radius 1 is 0.468 bits per heavy atom. The number of carbonyl (C=O) groups excluding carboxylic acids is 2. The summed E-state index contributed by atoms with van der Waals surface area (Å²) in [6.45, 7) is 6.44. The molecule has 0 bridgehead atoms. The summed E-state index contributed by atoms with van der Waals surface area (Å²) in [4.78, 5) is 26.1. The number of allylic oxidation sites excluding steroid dienone is 6. The molecule has 3 atom stereocenters. The van der Waals surface area contributed by atoms with Crippen LogP contribution in [-0.4, -0.2) is 46.9 Å². The zero-order chi connectivity index (χ0) is 45.2. The van der Waals surface area contributed by atoms with Crippen LogP contribution in [0.25, 0.3) is 0 Å². The molecule has 0 aromatic carbocycles. The second-order valence-corrected chi connectivity index (χ2v) is 18.6. The summed E-state index contributed by atoms with van der Waals surface area (Å²) in [6.07, 6.45) is 59.2. The molecular formula is C56H105NO5. The summed E-state index contributed by atoms with van der Waals surface area (Å²) in [5.74, 6) is -0.489. The fourth-order valence-corrected chi connectivity index (χ4v) is 8.27. The maximum Gasteiger partial charge on any atom is 0.306 e. The lowest BCUT2D eigenvalue weighted by molar-refractivity contribution is -0.151. The zero-order valence-corrected chi connectivity index (χ0v) is 41.5. The third kappa shape index (κ3) is 44.7. The molecule has 0 spiro atoms. The highest BCUT2D eigenvalue weighted by molar-refractivity contribution is 5.77. The molecule has 0 rings (SSSR count). The molecule has 364 valence electrons. The first kappa shape index (κ1) is 60.1. The van der Waals surface area contributed by atoms with E-state index < -0.39 is 18.2 Å². The Morgan fingerprint density at radius 2 is 0.839 bits per heavy atom. The number of unbranched alkanes of at least 4 members (excludes halogenated alkanes) is 31. The van der Waals surface area contributed by atoms with E-state index in [4.69, 9.17) is 4.74 Å². The summed E-state index contributed by atoms with van der Waals surface area (Å²) in [6, 6.07) is -0.706. The van der Waals surface area contributed by atoms with Crippen LogP contribution < -0.4 is 5.32 Å². The van der Waals surface area contributed by atoms with E-state index in [-0.39, 0.29) is 24.9 Å². The normalized spacial score (nSPS) is 13.4. The smallest absolute Gasteiger partial charge is 0.306 e. The molecule has 0 aliphatic rings. The molecule has 0 saturated carbocycles. The lowest BCUT2D eigenvalue weighted by Gasteiger charge is -2.24. The number of nitrogens with one attached hydrogen (secondary N) is 1. The number of ether oxygens (including phenoxy) is 1. The molecule has 0 radical (unpaired) electrons. The summed E-state index contributed by atoms with van der Waals surface area (Å²) in [7, 11) is 0. The molecule has 1 amide bonds. The number of hydrogen-bond acceptors (Lipinski definition) is 5. The fraction of sp³-hybridized carbons (Fsp3) is 0.857. The molecule has 6 nitrogen and oxygen atoms in total. The Morgan fingerprint density at radius 3 is 1.32 bits per heavy atom. The first-order valence-corrected chi connectivity index (χ1v) is 27.2.